The molecule has 0 radical (unpaired) electrons. The monoisotopic (exact) mass is 1210 g/mol. The quantitative estimate of drug-likeness (QED) is 0.0478. The van der Waals surface area contributed by atoms with Gasteiger partial charge in [-0.3, -0.25) is 19.2 Å². The summed E-state index contributed by atoms with van der Waals surface area (Å²) in [4.78, 5) is 69.9. The van der Waals surface area contributed by atoms with Crippen molar-refractivity contribution >= 4 is 73.6 Å². The van der Waals surface area contributed by atoms with Gasteiger partial charge in [-0.1, -0.05) is 38.6 Å². The van der Waals surface area contributed by atoms with Gasteiger partial charge in [-0.25, -0.2) is 33.0 Å². The van der Waals surface area contributed by atoms with E-state index in [0.717, 1.165) is 50.6 Å². The summed E-state index contributed by atoms with van der Waals surface area (Å²) in [6.07, 6.45) is -5.23. The van der Waals surface area contributed by atoms with Crippen molar-refractivity contribution in [3.05, 3.63) is 165 Å². The van der Waals surface area contributed by atoms with Gasteiger partial charge in [0.1, 0.15) is 51.9 Å². The number of aryl methyl sites for hydroxylation is 1. The van der Waals surface area contributed by atoms with Crippen molar-refractivity contribution in [3.63, 3.8) is 0 Å². The van der Waals surface area contributed by atoms with Gasteiger partial charge in [0.05, 0.1) is 30.9 Å². The second-order valence-corrected chi connectivity index (χ2v) is 19.3. The summed E-state index contributed by atoms with van der Waals surface area (Å²) in [7, 11) is -3.35. The SMILES string of the molecule is C.C.CN(C(=O)Cn1nc(-c2cc(F)cc(C#N)c2)c2nc[nH]c2c1=O)c1ccc2c(c1)OC(F)(F)O2.Cc1ccc(S(=O)(=O)Oc2nn(CC(=O)N(C)c3ccc4c(c3)OC(F)(F)O4)c(=O)c3nc[nH]c23)cc1.[C-]#[N+]c1cc(F)cc(B(O)O)c1. The van der Waals surface area contributed by atoms with Crippen molar-refractivity contribution in [2.24, 2.45) is 0 Å². The minimum atomic E-state index is -4.34. The molecule has 444 valence electrons. The fourth-order valence-electron chi connectivity index (χ4n) is 7.90. The second-order valence-electron chi connectivity index (χ2n) is 17.8. The van der Waals surface area contributed by atoms with E-state index in [1.165, 1.54) is 81.1 Å². The zero-order valence-electron chi connectivity index (χ0n) is 42.9. The molecule has 6 heterocycles. The Kier molecular flexibility index (Phi) is 18.0. The number of aromatic amines is 2. The summed E-state index contributed by atoms with van der Waals surface area (Å²) in [5, 5.41) is 34.6. The summed E-state index contributed by atoms with van der Waals surface area (Å²) in [6.45, 7) is 7.17. The number of rotatable bonds is 11. The van der Waals surface area contributed by atoms with E-state index in [1.807, 2.05) is 6.07 Å². The standard InChI is InChI=1S/C22H13F3N6O4.C22H17F2N5O7S.C7H5BFNO2.2CH4/c1-30(14-2-3-15-16(7-14)35-22(24,25)34-15)17(32)9-31-21(33)20-19(27-10-28-20)18(29-31)12-4-11(8-26)5-13(23)6-12;1-12-3-6-14(7-4-12)37(32,33)36-20-18-19(26-11-25-18)21(31)29(27-20)10-17(30)28(2)13-5-8-15-16(9-13)35-22(23,24)34-15;1-10-7-3-5(8(11)12)2-6(9)4-7;;/h2-7,10H,9H2,1H3,(H,27,28);3-9,11H,10H2,1-2H3,(H,25,26);2-4,11-12H;2*1H4. The Balaban J connectivity index is 0.000000203. The molecule has 0 saturated heterocycles. The highest BCUT2D eigenvalue weighted by molar-refractivity contribution is 7.87. The second kappa shape index (κ2) is 24.6. The first-order chi connectivity index (χ1) is 39.7. The van der Waals surface area contributed by atoms with Crippen LogP contribution >= 0.6 is 0 Å². The minimum Gasteiger partial charge on any atom is -0.423 e. The third-order valence-corrected chi connectivity index (χ3v) is 13.3. The van der Waals surface area contributed by atoms with Crippen molar-refractivity contribution < 1.29 is 77.5 Å². The van der Waals surface area contributed by atoms with Crippen LogP contribution in [0.5, 0.6) is 28.9 Å². The van der Waals surface area contributed by atoms with Crippen LogP contribution in [0.15, 0.2) is 124 Å². The number of imidazole rings is 2. The molecule has 0 spiro atoms. The predicted molar refractivity (Wildman–Crippen MR) is 293 cm³/mol. The average molecular weight is 1210 g/mol. The molecule has 2 aliphatic heterocycles. The predicted octanol–water partition coefficient (Wildman–Crippen LogP) is 6.29. The van der Waals surface area contributed by atoms with E-state index >= 15 is 0 Å². The zero-order valence-corrected chi connectivity index (χ0v) is 43.7. The van der Waals surface area contributed by atoms with Gasteiger partial charge in [-0.2, -0.15) is 18.8 Å². The number of hydrogen-bond donors (Lipinski definition) is 4. The van der Waals surface area contributed by atoms with Crippen LogP contribution < -0.4 is 49.5 Å². The van der Waals surface area contributed by atoms with Gasteiger partial charge in [0.15, 0.2) is 34.2 Å². The van der Waals surface area contributed by atoms with Gasteiger partial charge in [-0.15, -0.1) is 22.7 Å². The number of ether oxygens (including phenoxy) is 4. The fourth-order valence-corrected chi connectivity index (χ4v) is 8.79. The van der Waals surface area contributed by atoms with Crippen LogP contribution in [0.25, 0.3) is 38.2 Å². The third kappa shape index (κ3) is 13.5. The largest absolute Gasteiger partial charge is 0.586 e. The van der Waals surface area contributed by atoms with Crippen molar-refractivity contribution in [2.45, 2.75) is 52.4 Å². The van der Waals surface area contributed by atoms with Gasteiger partial charge < -0.3 is 52.9 Å². The normalized spacial score (nSPS) is 12.8. The average Bonchev–Trinajstić information content (AvgIpc) is 1.73. The Morgan fingerprint density at radius 1 is 0.733 bits per heavy atom. The summed E-state index contributed by atoms with van der Waals surface area (Å²) in [5.74, 6) is -4.04. The van der Waals surface area contributed by atoms with Crippen molar-refractivity contribution in [2.75, 3.05) is 23.9 Å². The molecule has 0 fully saturated rings. The summed E-state index contributed by atoms with van der Waals surface area (Å²) in [6, 6.07) is 22.0. The molecule has 25 nitrogen and oxygen atoms in total. The minimum absolute atomic E-state index is 0. The van der Waals surface area contributed by atoms with Crippen LogP contribution in [0.4, 0.5) is 43.4 Å². The fraction of sp³-hybridized carbons (Fsp3) is 0.170. The number of carbonyl (C=O) groups is 2. The molecular formula is C53H43BF6N12O13S. The highest BCUT2D eigenvalue weighted by Gasteiger charge is 2.45. The Morgan fingerprint density at radius 2 is 1.26 bits per heavy atom. The molecule has 9 aromatic rings. The molecule has 2 amide bonds. The molecule has 0 aliphatic carbocycles. The van der Waals surface area contributed by atoms with Crippen LogP contribution in [0.2, 0.25) is 0 Å². The Labute approximate surface area is 481 Å². The molecule has 2 aliphatic rings. The maximum absolute atomic E-state index is 14.1. The molecule has 0 atom stereocenters. The number of fused-ring (bicyclic) bond motifs is 4. The number of benzene rings is 5. The number of aromatic nitrogens is 8. The van der Waals surface area contributed by atoms with E-state index in [0.29, 0.717) is 4.68 Å². The number of halogens is 6. The maximum Gasteiger partial charge on any atom is 0.586 e. The van der Waals surface area contributed by atoms with Crippen LogP contribution in [-0.2, 0) is 32.8 Å². The molecule has 4 aromatic heterocycles. The lowest BCUT2D eigenvalue weighted by molar-refractivity contribution is -0.287. The number of nitrogens with one attached hydrogen (secondary N) is 2. The first kappa shape index (κ1) is 62.8. The van der Waals surface area contributed by atoms with E-state index in [2.05, 4.69) is 53.9 Å². The molecular weight excluding hydrogens is 1170 g/mol. The number of amides is 2. The number of anilines is 2. The first-order valence-electron chi connectivity index (χ1n) is 23.7. The summed E-state index contributed by atoms with van der Waals surface area (Å²) >= 11 is 0. The van der Waals surface area contributed by atoms with Gasteiger partial charge in [0, 0.05) is 43.2 Å². The number of nitriles is 1. The highest BCUT2D eigenvalue weighted by atomic mass is 32.2. The van der Waals surface area contributed by atoms with E-state index in [9.17, 15) is 53.9 Å². The van der Waals surface area contributed by atoms with E-state index in [4.69, 9.17) is 26.1 Å². The summed E-state index contributed by atoms with van der Waals surface area (Å²) < 4.78 is 130. The molecule has 0 unspecified atom stereocenters. The number of likely N-dealkylation sites (N-methyl/N-ethyl adjacent to an activating group) is 2. The van der Waals surface area contributed by atoms with Crippen LogP contribution in [0.1, 0.15) is 26.0 Å². The first-order valence-corrected chi connectivity index (χ1v) is 25.1. The molecule has 11 rings (SSSR count). The Hall–Kier alpha value is -10.8. The molecule has 0 bridgehead atoms. The van der Waals surface area contributed by atoms with E-state index in [-0.39, 0.29) is 104 Å². The Bertz CT molecular complexity index is 4440. The molecule has 4 N–H and O–H groups in total. The lowest BCUT2D eigenvalue weighted by Gasteiger charge is -2.18. The lowest BCUT2D eigenvalue weighted by atomic mass is 9.80. The molecule has 5 aromatic carbocycles. The lowest BCUT2D eigenvalue weighted by Crippen LogP contribution is -2.35. The zero-order chi connectivity index (χ0) is 60.6. The number of carbonyl (C=O) groups excluding carboxylic acids is 2. The number of H-pyrrole nitrogens is 2. The van der Waals surface area contributed by atoms with Crippen LogP contribution in [0.3, 0.4) is 0 Å². The van der Waals surface area contributed by atoms with E-state index in [1.54, 1.807) is 19.1 Å². The highest BCUT2D eigenvalue weighted by Crippen LogP contribution is 2.44. The topological polar surface area (TPSA) is 317 Å². The molecule has 33 heteroatoms. The van der Waals surface area contributed by atoms with Crippen LogP contribution in [-0.4, -0.2) is 104 Å². The number of hydrogen-bond acceptors (Lipinski definition) is 18. The summed E-state index contributed by atoms with van der Waals surface area (Å²) in [5.41, 5.74) is -0.0220. The van der Waals surface area contributed by atoms with Crippen molar-refractivity contribution in [1.29, 1.82) is 5.26 Å². The van der Waals surface area contributed by atoms with Crippen LogP contribution in [0, 0.1) is 36.5 Å². The van der Waals surface area contributed by atoms with Crippen molar-refractivity contribution in [3.8, 4) is 46.2 Å². The third-order valence-electron chi connectivity index (χ3n) is 12.0. The number of nitrogens with zero attached hydrogens (tertiary/aromatic N) is 10. The Morgan fingerprint density at radius 3 is 1.80 bits per heavy atom. The van der Waals surface area contributed by atoms with Gasteiger partial charge >= 0.3 is 29.8 Å². The van der Waals surface area contributed by atoms with Gasteiger partial charge in [-0.05, 0) is 79.1 Å². The van der Waals surface area contributed by atoms with Gasteiger partial charge in [0.25, 0.3) is 17.0 Å². The smallest absolute Gasteiger partial charge is 0.423 e. The maximum atomic E-state index is 14.1. The number of alkyl halides is 4. The van der Waals surface area contributed by atoms with Gasteiger partial charge in [0.2, 0.25) is 11.8 Å². The molecule has 0 saturated carbocycles. The van der Waals surface area contributed by atoms with E-state index < -0.39 is 83.4 Å². The van der Waals surface area contributed by atoms with Crippen molar-refractivity contribution in [1.82, 2.24) is 39.5 Å². The molecule has 86 heavy (non-hydrogen) atoms.